The number of hydrogen-bond donors (Lipinski definition) is 2. The normalized spacial score (nSPS) is 14.2. The summed E-state index contributed by atoms with van der Waals surface area (Å²) in [5.74, 6) is 0.271. The van der Waals surface area contributed by atoms with Crippen LogP contribution in [-0.4, -0.2) is 46.2 Å². The molecule has 254 valence electrons. The largest absolute Gasteiger partial charge is 0.508 e. The zero-order valence-corrected chi connectivity index (χ0v) is 28.6. The molecule has 0 radical (unpaired) electrons. The van der Waals surface area contributed by atoms with E-state index < -0.39 is 22.9 Å². The summed E-state index contributed by atoms with van der Waals surface area (Å²) in [6.07, 6.45) is 0.223. The van der Waals surface area contributed by atoms with Crippen molar-refractivity contribution in [3.8, 4) is 23.0 Å². The van der Waals surface area contributed by atoms with Gasteiger partial charge in [0.1, 0.15) is 28.5 Å². The highest BCUT2D eigenvalue weighted by atomic mass is 32.2. The van der Waals surface area contributed by atoms with Gasteiger partial charge in [0, 0.05) is 32.5 Å². The highest BCUT2D eigenvalue weighted by molar-refractivity contribution is 8.15. The first-order valence-corrected chi connectivity index (χ1v) is 16.4. The Labute approximate surface area is 288 Å². The summed E-state index contributed by atoms with van der Waals surface area (Å²) in [5, 5.41) is 13.2. The van der Waals surface area contributed by atoms with Gasteiger partial charge in [0.05, 0.1) is 10.9 Å². The molecule has 4 amide bonds. The number of thioether (sulfide) groups is 1. The molecule has 1 aliphatic heterocycles. The predicted molar refractivity (Wildman–Crippen MR) is 187 cm³/mol. The van der Waals surface area contributed by atoms with Gasteiger partial charge >= 0.3 is 6.09 Å². The van der Waals surface area contributed by atoms with Gasteiger partial charge in [0.25, 0.3) is 11.1 Å². The number of carbonyl (C=O) groups excluding carboxylic acids is 4. The molecule has 0 saturated carbocycles. The van der Waals surface area contributed by atoms with Crippen molar-refractivity contribution in [2.75, 3.05) is 17.0 Å². The third kappa shape index (κ3) is 9.11. The minimum atomic E-state index is -0.790. The molecule has 4 aromatic rings. The van der Waals surface area contributed by atoms with E-state index in [0.717, 1.165) is 33.5 Å². The number of hydroxylamine groups is 1. The molecule has 12 heteroatoms. The van der Waals surface area contributed by atoms with Gasteiger partial charge < -0.3 is 19.4 Å². The van der Waals surface area contributed by atoms with E-state index in [4.69, 9.17) is 14.3 Å². The molecule has 1 unspecified atom stereocenters. The Kier molecular flexibility index (Phi) is 10.5. The van der Waals surface area contributed by atoms with Crippen LogP contribution in [0.5, 0.6) is 23.0 Å². The Morgan fingerprint density at radius 1 is 0.857 bits per heavy atom. The van der Waals surface area contributed by atoms with Crippen molar-refractivity contribution >= 4 is 46.3 Å². The van der Waals surface area contributed by atoms with E-state index in [2.05, 4.69) is 5.32 Å². The van der Waals surface area contributed by atoms with E-state index in [9.17, 15) is 24.3 Å². The number of amides is 4. The van der Waals surface area contributed by atoms with Crippen molar-refractivity contribution in [1.82, 2.24) is 5.32 Å². The minimum Gasteiger partial charge on any atom is -0.508 e. The van der Waals surface area contributed by atoms with Gasteiger partial charge in [-0.3, -0.25) is 24.6 Å². The number of phenols is 1. The van der Waals surface area contributed by atoms with Gasteiger partial charge in [-0.15, -0.1) is 5.06 Å². The summed E-state index contributed by atoms with van der Waals surface area (Å²) in [6, 6.07) is 26.4. The van der Waals surface area contributed by atoms with Gasteiger partial charge in [0.15, 0.2) is 5.75 Å². The molecule has 5 rings (SSSR count). The fourth-order valence-corrected chi connectivity index (χ4v) is 5.82. The Hall–Kier alpha value is -5.49. The molecule has 0 aromatic heterocycles. The standard InChI is InChI=1S/C37H37N3O8S/c1-23(41)40(48-27-14-11-25(12-15-27)20-33-34(43)38-35(44)49-33)30-18-17-28(21-31(30)39(5)36(45)47-37(2,3)4)46-29-16-13-26(32(42)22-29)19-24-9-7-6-8-10-24/h6-18,21-22,33,42H,19-20H2,1-5H3,(H,38,43,44). The number of anilines is 2. The maximum Gasteiger partial charge on any atom is 0.414 e. The van der Waals surface area contributed by atoms with Crippen molar-refractivity contribution in [2.45, 2.75) is 51.4 Å². The topological polar surface area (TPSA) is 135 Å². The molecule has 1 atom stereocenters. The zero-order chi connectivity index (χ0) is 35.3. The maximum atomic E-state index is 13.2. The molecule has 0 spiro atoms. The fourth-order valence-electron chi connectivity index (χ4n) is 4.96. The molecule has 11 nitrogen and oxygen atoms in total. The SMILES string of the molecule is CC(=O)N(Oc1ccc(CC2SC(=O)NC2=O)cc1)c1ccc(Oc2ccc(Cc3ccccc3)c(O)c2)cc1N(C)C(=O)OC(C)(C)C. The number of nitrogens with zero attached hydrogens (tertiary/aromatic N) is 2. The number of aromatic hydroxyl groups is 1. The molecule has 1 aliphatic rings. The Bertz CT molecular complexity index is 1860. The van der Waals surface area contributed by atoms with Crippen LogP contribution in [0.3, 0.4) is 0 Å². The summed E-state index contributed by atoms with van der Waals surface area (Å²) in [4.78, 5) is 57.0. The van der Waals surface area contributed by atoms with E-state index in [1.54, 1.807) is 75.4 Å². The number of ether oxygens (including phenoxy) is 2. The first kappa shape index (κ1) is 34.8. The second kappa shape index (κ2) is 14.7. The van der Waals surface area contributed by atoms with Crippen molar-refractivity contribution in [1.29, 1.82) is 0 Å². The lowest BCUT2D eigenvalue weighted by molar-refractivity contribution is -0.120. The lowest BCUT2D eigenvalue weighted by Gasteiger charge is -2.29. The van der Waals surface area contributed by atoms with E-state index >= 15 is 0 Å². The van der Waals surface area contributed by atoms with Crippen molar-refractivity contribution in [3.05, 3.63) is 108 Å². The van der Waals surface area contributed by atoms with Gasteiger partial charge in [0.2, 0.25) is 5.91 Å². The molecule has 2 N–H and O–H groups in total. The second-order valence-electron chi connectivity index (χ2n) is 12.4. The molecule has 0 bridgehead atoms. The first-order valence-electron chi connectivity index (χ1n) is 15.5. The van der Waals surface area contributed by atoms with Crippen LogP contribution in [0, 0.1) is 0 Å². The van der Waals surface area contributed by atoms with E-state index in [1.807, 2.05) is 30.3 Å². The van der Waals surface area contributed by atoms with Crippen LogP contribution >= 0.6 is 11.8 Å². The van der Waals surface area contributed by atoms with Crippen LogP contribution in [0.1, 0.15) is 44.4 Å². The number of rotatable bonds is 10. The average Bonchev–Trinajstić information content (AvgIpc) is 3.36. The molecular weight excluding hydrogens is 646 g/mol. The monoisotopic (exact) mass is 683 g/mol. The highest BCUT2D eigenvalue weighted by Crippen LogP contribution is 2.37. The number of carbonyl (C=O) groups is 4. The molecule has 49 heavy (non-hydrogen) atoms. The molecule has 1 heterocycles. The fraction of sp³-hybridized carbons (Fsp3) is 0.243. The highest BCUT2D eigenvalue weighted by Gasteiger charge is 2.32. The Morgan fingerprint density at radius 3 is 2.12 bits per heavy atom. The average molecular weight is 684 g/mol. The minimum absolute atomic E-state index is 0.0741. The van der Waals surface area contributed by atoms with E-state index in [1.165, 1.54) is 24.9 Å². The van der Waals surface area contributed by atoms with Gasteiger partial charge in [-0.05, 0) is 74.2 Å². The van der Waals surface area contributed by atoms with Gasteiger partial charge in [-0.1, -0.05) is 60.3 Å². The van der Waals surface area contributed by atoms with Crippen LogP contribution < -0.4 is 24.9 Å². The van der Waals surface area contributed by atoms with Gasteiger partial charge in [-0.2, -0.15) is 0 Å². The molecule has 1 fully saturated rings. The summed E-state index contributed by atoms with van der Waals surface area (Å²) >= 11 is 0.948. The molecule has 4 aromatic carbocycles. The summed E-state index contributed by atoms with van der Waals surface area (Å²) < 4.78 is 11.7. The predicted octanol–water partition coefficient (Wildman–Crippen LogP) is 7.39. The third-order valence-electron chi connectivity index (χ3n) is 7.32. The lowest BCUT2D eigenvalue weighted by atomic mass is 10.0. The third-order valence-corrected chi connectivity index (χ3v) is 8.30. The molecular formula is C37H37N3O8S. The van der Waals surface area contributed by atoms with Crippen molar-refractivity contribution in [3.63, 3.8) is 0 Å². The quantitative estimate of drug-likeness (QED) is 0.164. The number of phenolic OH excluding ortho intramolecular Hbond substituents is 1. The van der Waals surface area contributed by atoms with Crippen molar-refractivity contribution in [2.24, 2.45) is 0 Å². The number of benzene rings is 4. The van der Waals surface area contributed by atoms with E-state index in [-0.39, 0.29) is 28.3 Å². The summed E-state index contributed by atoms with van der Waals surface area (Å²) in [5.41, 5.74) is 2.28. The summed E-state index contributed by atoms with van der Waals surface area (Å²) in [7, 11) is 1.51. The zero-order valence-electron chi connectivity index (χ0n) is 27.8. The van der Waals surface area contributed by atoms with E-state index in [0.29, 0.717) is 30.1 Å². The van der Waals surface area contributed by atoms with Crippen LogP contribution in [0.25, 0.3) is 0 Å². The Balaban J connectivity index is 1.40. The number of nitrogens with one attached hydrogen (secondary N) is 1. The molecule has 1 saturated heterocycles. The van der Waals surface area contributed by atoms with Crippen LogP contribution in [0.2, 0.25) is 0 Å². The van der Waals surface area contributed by atoms with Crippen LogP contribution in [0.4, 0.5) is 21.0 Å². The molecule has 0 aliphatic carbocycles. The summed E-state index contributed by atoms with van der Waals surface area (Å²) in [6.45, 7) is 6.56. The number of imide groups is 1. The van der Waals surface area contributed by atoms with Gasteiger partial charge in [-0.25, -0.2) is 4.79 Å². The van der Waals surface area contributed by atoms with Crippen LogP contribution in [0.15, 0.2) is 91.0 Å². The lowest BCUT2D eigenvalue weighted by Crippen LogP contribution is -2.37. The first-order chi connectivity index (χ1) is 23.3. The smallest absolute Gasteiger partial charge is 0.414 e. The van der Waals surface area contributed by atoms with Crippen molar-refractivity contribution < 1.29 is 38.6 Å². The second-order valence-corrected chi connectivity index (χ2v) is 13.6. The maximum absolute atomic E-state index is 13.2. The Morgan fingerprint density at radius 2 is 1.51 bits per heavy atom. The van der Waals surface area contributed by atoms with Crippen LogP contribution in [-0.2, 0) is 27.2 Å². The number of hydrogen-bond acceptors (Lipinski definition) is 9.